The van der Waals surface area contributed by atoms with Gasteiger partial charge >= 0.3 is 0 Å². The van der Waals surface area contributed by atoms with Crippen LogP contribution in [-0.4, -0.2) is 56.6 Å². The number of piperidine rings is 1. The summed E-state index contributed by atoms with van der Waals surface area (Å²) in [5.41, 5.74) is 16.5. The summed E-state index contributed by atoms with van der Waals surface area (Å²) in [6, 6.07) is 11.6. The Hall–Kier alpha value is -3.85. The highest BCUT2D eigenvalue weighted by Crippen LogP contribution is 2.40. The number of rotatable bonds is 6. The molecule has 196 valence electrons. The number of nitrogens with zero attached hydrogens (tertiary/aromatic N) is 4. The molecule has 7 rings (SSSR count). The molecule has 0 radical (unpaired) electrons. The molecule has 2 aromatic heterocycles. The molecule has 4 N–H and O–H groups in total. The van der Waals surface area contributed by atoms with Crippen LogP contribution in [0.25, 0.3) is 33.5 Å². The van der Waals surface area contributed by atoms with Crippen LogP contribution in [0.2, 0.25) is 0 Å². The maximum Gasteiger partial charge on any atom is 0.254 e. The number of fused-ring (bicyclic) bond motifs is 4. The van der Waals surface area contributed by atoms with Crippen molar-refractivity contribution in [3.63, 3.8) is 0 Å². The third-order valence-corrected chi connectivity index (χ3v) is 8.87. The molecular formula is C29H32N6O3. The Labute approximate surface area is 220 Å². The van der Waals surface area contributed by atoms with Crippen LogP contribution in [0.1, 0.15) is 46.4 Å². The van der Waals surface area contributed by atoms with Crippen molar-refractivity contribution < 1.29 is 14.3 Å². The van der Waals surface area contributed by atoms with Gasteiger partial charge in [-0.25, -0.2) is 4.98 Å². The van der Waals surface area contributed by atoms with E-state index in [1.54, 1.807) is 13.2 Å². The number of nitrogens with two attached hydrogens (primary N) is 2. The number of aryl methyl sites for hydroxylation is 1. The van der Waals surface area contributed by atoms with E-state index in [1.807, 2.05) is 40.8 Å². The van der Waals surface area contributed by atoms with E-state index in [0.717, 1.165) is 47.3 Å². The molecule has 2 amide bonds. The van der Waals surface area contributed by atoms with Gasteiger partial charge in [-0.3, -0.25) is 9.59 Å². The second-order valence-electron chi connectivity index (χ2n) is 11.2. The minimum absolute atomic E-state index is 0.0194. The van der Waals surface area contributed by atoms with E-state index in [-0.39, 0.29) is 18.0 Å². The Morgan fingerprint density at radius 3 is 2.58 bits per heavy atom. The molecule has 2 saturated carbocycles. The molecule has 2 bridgehead atoms. The monoisotopic (exact) mass is 512 g/mol. The van der Waals surface area contributed by atoms with E-state index in [4.69, 9.17) is 21.2 Å². The van der Waals surface area contributed by atoms with Crippen molar-refractivity contribution in [1.82, 2.24) is 19.0 Å². The Bertz CT molecular complexity index is 1630. The first-order valence-corrected chi connectivity index (χ1v) is 13.4. The minimum atomic E-state index is -0.442. The molecule has 0 spiro atoms. The van der Waals surface area contributed by atoms with Crippen LogP contribution in [0, 0.1) is 11.8 Å². The van der Waals surface area contributed by atoms with Gasteiger partial charge in [0.25, 0.3) is 11.8 Å². The molecule has 2 aliphatic carbocycles. The van der Waals surface area contributed by atoms with E-state index in [1.165, 1.54) is 12.8 Å². The molecule has 3 aliphatic rings. The summed E-state index contributed by atoms with van der Waals surface area (Å²) in [6.07, 6.45) is 4.39. The summed E-state index contributed by atoms with van der Waals surface area (Å²) >= 11 is 0. The number of benzene rings is 2. The van der Waals surface area contributed by atoms with Crippen molar-refractivity contribution in [3.05, 3.63) is 47.5 Å². The van der Waals surface area contributed by atoms with E-state index in [2.05, 4.69) is 10.6 Å². The van der Waals surface area contributed by atoms with Crippen LogP contribution in [0.3, 0.4) is 0 Å². The van der Waals surface area contributed by atoms with Crippen LogP contribution in [0.5, 0.6) is 5.75 Å². The van der Waals surface area contributed by atoms with Gasteiger partial charge in [-0.15, -0.1) is 0 Å². The normalized spacial score (nSPS) is 22.6. The van der Waals surface area contributed by atoms with Gasteiger partial charge in [0.15, 0.2) is 5.82 Å². The molecule has 9 nitrogen and oxygen atoms in total. The van der Waals surface area contributed by atoms with Gasteiger partial charge in [-0.1, -0.05) is 12.1 Å². The number of hydrogen-bond acceptors (Lipinski definition) is 5. The summed E-state index contributed by atoms with van der Waals surface area (Å²) in [7, 11) is 3.58. The number of carbonyl (C=O) groups is 2. The second-order valence-corrected chi connectivity index (χ2v) is 11.2. The first kappa shape index (κ1) is 23.3. The van der Waals surface area contributed by atoms with Crippen LogP contribution >= 0.6 is 0 Å². The molecule has 1 saturated heterocycles. The molecule has 2 aromatic carbocycles. The molecule has 3 atom stereocenters. The first-order chi connectivity index (χ1) is 18.4. The second kappa shape index (κ2) is 8.33. The predicted octanol–water partition coefficient (Wildman–Crippen LogP) is 3.27. The lowest BCUT2D eigenvalue weighted by Crippen LogP contribution is -2.41. The van der Waals surface area contributed by atoms with E-state index < -0.39 is 5.91 Å². The average molecular weight is 513 g/mol. The van der Waals surface area contributed by atoms with Gasteiger partial charge in [-0.05, 0) is 61.8 Å². The zero-order valence-corrected chi connectivity index (χ0v) is 21.7. The van der Waals surface area contributed by atoms with Crippen LogP contribution in [0.4, 0.5) is 0 Å². The Morgan fingerprint density at radius 2 is 1.92 bits per heavy atom. The van der Waals surface area contributed by atoms with Gasteiger partial charge in [0.05, 0.1) is 29.4 Å². The van der Waals surface area contributed by atoms with Crippen LogP contribution in [-0.2, 0) is 13.6 Å². The zero-order chi connectivity index (χ0) is 26.3. The lowest BCUT2D eigenvalue weighted by Gasteiger charge is -2.27. The number of para-hydroxylation sites is 1. The van der Waals surface area contributed by atoms with Crippen molar-refractivity contribution in [1.29, 1.82) is 0 Å². The minimum Gasteiger partial charge on any atom is -0.494 e. The zero-order valence-electron chi connectivity index (χ0n) is 21.7. The fourth-order valence-electron chi connectivity index (χ4n) is 6.72. The largest absolute Gasteiger partial charge is 0.494 e. The topological polar surface area (TPSA) is 121 Å². The summed E-state index contributed by atoms with van der Waals surface area (Å²) in [6.45, 7) is 1.51. The first-order valence-electron chi connectivity index (χ1n) is 13.4. The molecule has 38 heavy (non-hydrogen) atoms. The van der Waals surface area contributed by atoms with E-state index >= 15 is 0 Å². The molecular weight excluding hydrogens is 480 g/mol. The smallest absolute Gasteiger partial charge is 0.254 e. The molecule has 1 aliphatic heterocycles. The molecule has 0 unspecified atom stereocenters. The Balaban J connectivity index is 1.37. The highest BCUT2D eigenvalue weighted by molar-refractivity contribution is 6.07. The van der Waals surface area contributed by atoms with Crippen LogP contribution < -0.4 is 16.2 Å². The number of amides is 2. The Kier molecular flexibility index (Phi) is 5.10. The number of methoxy groups -OCH3 is 1. The van der Waals surface area contributed by atoms with Gasteiger partial charge in [0.2, 0.25) is 0 Å². The number of carbonyl (C=O) groups excluding carboxylic acids is 2. The maximum absolute atomic E-state index is 13.6. The fraction of sp³-hybridized carbons (Fsp3) is 0.414. The summed E-state index contributed by atoms with van der Waals surface area (Å²) < 4.78 is 9.99. The SMILES string of the molecule is COc1cc(C(=O)N2C[C@H]3CC[C@@H]2[C@@H]3N)cc2nc(-c3cc4cccc(C(N)=O)c4n3CC3CC3)n(C)c12. The van der Waals surface area contributed by atoms with Gasteiger partial charge < -0.3 is 30.2 Å². The van der Waals surface area contributed by atoms with Gasteiger partial charge in [-0.2, -0.15) is 0 Å². The van der Waals surface area contributed by atoms with Crippen molar-refractivity contribution in [2.45, 2.75) is 44.3 Å². The lowest BCUT2D eigenvalue weighted by molar-refractivity contribution is 0.0700. The summed E-state index contributed by atoms with van der Waals surface area (Å²) in [5.74, 6) is 1.84. The van der Waals surface area contributed by atoms with Crippen molar-refractivity contribution in [2.75, 3.05) is 13.7 Å². The predicted molar refractivity (Wildman–Crippen MR) is 145 cm³/mol. The number of ether oxygens (including phenoxy) is 1. The van der Waals surface area contributed by atoms with E-state index in [9.17, 15) is 9.59 Å². The molecule has 3 heterocycles. The molecule has 3 fully saturated rings. The third-order valence-electron chi connectivity index (χ3n) is 8.87. The number of likely N-dealkylation sites (tertiary alicyclic amines) is 1. The highest BCUT2D eigenvalue weighted by Gasteiger charge is 2.47. The maximum atomic E-state index is 13.6. The molecule has 4 aromatic rings. The van der Waals surface area contributed by atoms with Crippen molar-refractivity contribution in [3.8, 4) is 17.3 Å². The molecule has 9 heteroatoms. The summed E-state index contributed by atoms with van der Waals surface area (Å²) in [5, 5.41) is 0.951. The highest BCUT2D eigenvalue weighted by atomic mass is 16.5. The third kappa shape index (κ3) is 3.37. The standard InChI is InChI=1S/C29H32N6O3/c1-33-26-20(10-18(12-23(26)38-2)29(37)35-14-17-8-9-21(35)24(17)30)32-28(33)22-11-16-4-3-5-19(27(31)36)25(16)34(22)13-15-6-7-15/h3-5,10-12,15,17,21,24H,6-9,13-14,30H2,1-2H3,(H2,31,36)/t17-,21-,24-/m1/s1. The van der Waals surface area contributed by atoms with Crippen LogP contribution in [0.15, 0.2) is 36.4 Å². The fourth-order valence-corrected chi connectivity index (χ4v) is 6.72. The number of hydrogen-bond donors (Lipinski definition) is 2. The lowest BCUT2D eigenvalue weighted by atomic mass is 10.1. The van der Waals surface area contributed by atoms with Crippen molar-refractivity contribution in [2.24, 2.45) is 30.4 Å². The van der Waals surface area contributed by atoms with Gasteiger partial charge in [0, 0.05) is 43.2 Å². The number of aromatic nitrogens is 3. The number of primary amides is 1. The average Bonchev–Trinajstić information content (AvgIpc) is 3.30. The summed E-state index contributed by atoms with van der Waals surface area (Å²) in [4.78, 5) is 32.9. The Morgan fingerprint density at radius 1 is 1.11 bits per heavy atom. The van der Waals surface area contributed by atoms with Crippen molar-refractivity contribution >= 4 is 33.8 Å². The van der Waals surface area contributed by atoms with E-state index in [0.29, 0.717) is 40.8 Å². The quantitative estimate of drug-likeness (QED) is 0.411. The number of imidazole rings is 1. The van der Waals surface area contributed by atoms with Gasteiger partial charge in [0.1, 0.15) is 11.3 Å².